The normalized spacial score (nSPS) is 24.3. The first-order valence-electron chi connectivity index (χ1n) is 5.11. The lowest BCUT2D eigenvalue weighted by molar-refractivity contribution is -0.130. The molecule has 0 bridgehead atoms. The second kappa shape index (κ2) is 4.10. The molecule has 0 aromatic heterocycles. The lowest BCUT2D eigenvalue weighted by atomic mass is 9.79. The van der Waals surface area contributed by atoms with Crippen LogP contribution < -0.4 is 0 Å². The summed E-state index contributed by atoms with van der Waals surface area (Å²) in [6.45, 7) is 5.30. The number of hydrogen-bond acceptors (Lipinski definition) is 3. The summed E-state index contributed by atoms with van der Waals surface area (Å²) in [6.07, 6.45) is 2.00. The van der Waals surface area contributed by atoms with E-state index in [1.807, 2.05) is 7.05 Å². The maximum absolute atomic E-state index is 11.9. The first-order valence-corrected chi connectivity index (χ1v) is 5.11. The van der Waals surface area contributed by atoms with Gasteiger partial charge in [-0.25, -0.2) is 0 Å². The lowest BCUT2D eigenvalue weighted by Gasteiger charge is -2.31. The van der Waals surface area contributed by atoms with Crippen molar-refractivity contribution < 1.29 is 4.79 Å². The Morgan fingerprint density at radius 1 is 1.57 bits per heavy atom. The molecule has 3 nitrogen and oxygen atoms in total. The van der Waals surface area contributed by atoms with Crippen LogP contribution in [0.4, 0.5) is 0 Å². The van der Waals surface area contributed by atoms with Crippen molar-refractivity contribution in [1.29, 1.82) is 5.26 Å². The van der Waals surface area contributed by atoms with Gasteiger partial charge in [0.15, 0.2) is 5.78 Å². The van der Waals surface area contributed by atoms with E-state index in [2.05, 4.69) is 11.0 Å². The Bertz CT molecular complexity index is 265. The zero-order chi connectivity index (χ0) is 10.8. The number of piperidine rings is 1. The molecule has 78 valence electrons. The van der Waals surface area contributed by atoms with E-state index in [0.29, 0.717) is 0 Å². The Kier molecular flexibility index (Phi) is 3.28. The zero-order valence-electron chi connectivity index (χ0n) is 9.21. The molecular weight excluding hydrogens is 176 g/mol. The molecule has 14 heavy (non-hydrogen) atoms. The highest BCUT2D eigenvalue weighted by atomic mass is 16.1. The van der Waals surface area contributed by atoms with Crippen molar-refractivity contribution >= 4 is 5.78 Å². The summed E-state index contributed by atoms with van der Waals surface area (Å²) in [7, 11) is 2.03. The van der Waals surface area contributed by atoms with E-state index >= 15 is 0 Å². The number of carbonyl (C=O) groups excluding carboxylic acids is 1. The first-order chi connectivity index (χ1) is 6.47. The van der Waals surface area contributed by atoms with Gasteiger partial charge in [0.25, 0.3) is 0 Å². The summed E-state index contributed by atoms with van der Waals surface area (Å²) in [5.74, 6) is 0.162. The average molecular weight is 194 g/mol. The van der Waals surface area contributed by atoms with E-state index < -0.39 is 5.41 Å². The Morgan fingerprint density at radius 3 is 2.71 bits per heavy atom. The number of likely N-dealkylation sites (tertiary alicyclic amines) is 1. The molecule has 0 radical (unpaired) electrons. The molecule has 0 aliphatic carbocycles. The minimum Gasteiger partial charge on any atom is -0.306 e. The molecule has 1 aliphatic rings. The van der Waals surface area contributed by atoms with Crippen molar-refractivity contribution in [2.75, 3.05) is 20.1 Å². The summed E-state index contributed by atoms with van der Waals surface area (Å²) < 4.78 is 0. The quantitative estimate of drug-likeness (QED) is 0.668. The molecule has 0 aromatic rings. The van der Waals surface area contributed by atoms with Crippen molar-refractivity contribution in [3.8, 4) is 6.07 Å². The smallest absolute Gasteiger partial charge is 0.156 e. The number of rotatable bonds is 2. The van der Waals surface area contributed by atoms with Gasteiger partial charge in [-0.05, 0) is 40.3 Å². The molecule has 3 heteroatoms. The molecule has 1 fully saturated rings. The molecule has 0 saturated carbocycles. The van der Waals surface area contributed by atoms with Crippen LogP contribution in [0.25, 0.3) is 0 Å². The number of nitrogens with zero attached hydrogens (tertiary/aromatic N) is 2. The molecule has 1 heterocycles. The van der Waals surface area contributed by atoms with Crippen LogP contribution in [0.3, 0.4) is 0 Å². The zero-order valence-corrected chi connectivity index (χ0v) is 9.21. The van der Waals surface area contributed by atoms with Crippen molar-refractivity contribution in [1.82, 2.24) is 4.90 Å². The first kappa shape index (κ1) is 11.2. The molecule has 1 unspecified atom stereocenters. The molecule has 0 spiro atoms. The van der Waals surface area contributed by atoms with Gasteiger partial charge in [-0.1, -0.05) is 0 Å². The van der Waals surface area contributed by atoms with Crippen LogP contribution in [0.2, 0.25) is 0 Å². The molecule has 1 saturated heterocycles. The Hall–Kier alpha value is -0.880. The summed E-state index contributed by atoms with van der Waals surface area (Å²) in [5.41, 5.74) is -0.817. The van der Waals surface area contributed by atoms with Gasteiger partial charge in [0.1, 0.15) is 5.41 Å². The Morgan fingerprint density at radius 2 is 2.21 bits per heavy atom. The fraction of sp³-hybridized carbons (Fsp3) is 0.818. The van der Waals surface area contributed by atoms with Gasteiger partial charge < -0.3 is 4.90 Å². The van der Waals surface area contributed by atoms with Gasteiger partial charge in [-0.2, -0.15) is 5.26 Å². The van der Waals surface area contributed by atoms with Crippen molar-refractivity contribution in [2.45, 2.75) is 26.7 Å². The highest BCUT2D eigenvalue weighted by Gasteiger charge is 2.35. The molecule has 1 aliphatic heterocycles. The number of nitriles is 1. The molecule has 0 aromatic carbocycles. The van der Waals surface area contributed by atoms with E-state index in [-0.39, 0.29) is 11.7 Å². The highest BCUT2D eigenvalue weighted by molar-refractivity contribution is 5.89. The lowest BCUT2D eigenvalue weighted by Crippen LogP contribution is -2.40. The third-order valence-electron chi connectivity index (χ3n) is 2.89. The minimum absolute atomic E-state index is 0.0587. The fourth-order valence-corrected chi connectivity index (χ4v) is 1.95. The van der Waals surface area contributed by atoms with Crippen molar-refractivity contribution in [3.05, 3.63) is 0 Å². The number of Topliss-reactive ketones (excluding diaryl/α,β-unsaturated/α-hetero) is 1. The molecular formula is C11H18N2O. The predicted molar refractivity (Wildman–Crippen MR) is 54.6 cm³/mol. The van der Waals surface area contributed by atoms with Crippen LogP contribution in [0.15, 0.2) is 0 Å². The van der Waals surface area contributed by atoms with Crippen molar-refractivity contribution in [2.24, 2.45) is 11.3 Å². The SMILES string of the molecule is CN1CCCC(C(=O)C(C)(C)C#N)C1. The summed E-state index contributed by atoms with van der Waals surface area (Å²) in [6, 6.07) is 2.09. The maximum Gasteiger partial charge on any atom is 0.156 e. The van der Waals surface area contributed by atoms with Gasteiger partial charge in [-0.3, -0.25) is 4.79 Å². The number of carbonyl (C=O) groups is 1. The predicted octanol–water partition coefficient (Wildman–Crippen LogP) is 1.45. The van der Waals surface area contributed by atoms with E-state index in [1.165, 1.54) is 0 Å². The van der Waals surface area contributed by atoms with E-state index in [4.69, 9.17) is 5.26 Å². The van der Waals surface area contributed by atoms with Gasteiger partial charge in [0.05, 0.1) is 6.07 Å². The third-order valence-corrected chi connectivity index (χ3v) is 2.89. The minimum atomic E-state index is -0.817. The molecule has 1 rings (SSSR count). The van der Waals surface area contributed by atoms with Gasteiger partial charge >= 0.3 is 0 Å². The summed E-state index contributed by atoms with van der Waals surface area (Å²) in [4.78, 5) is 14.1. The van der Waals surface area contributed by atoms with Crippen LogP contribution in [0.5, 0.6) is 0 Å². The monoisotopic (exact) mass is 194 g/mol. The maximum atomic E-state index is 11.9. The van der Waals surface area contributed by atoms with Crippen LogP contribution in [-0.4, -0.2) is 30.8 Å². The fourth-order valence-electron chi connectivity index (χ4n) is 1.95. The second-order valence-electron chi connectivity index (χ2n) is 4.70. The van der Waals surface area contributed by atoms with Crippen LogP contribution in [0.1, 0.15) is 26.7 Å². The molecule has 0 N–H and O–H groups in total. The van der Waals surface area contributed by atoms with Gasteiger partial charge in [0, 0.05) is 12.5 Å². The molecule has 0 amide bonds. The number of hydrogen-bond donors (Lipinski definition) is 0. The largest absolute Gasteiger partial charge is 0.306 e. The Balaban J connectivity index is 2.66. The molecule has 1 atom stereocenters. The summed E-state index contributed by atoms with van der Waals surface area (Å²) in [5, 5.41) is 8.88. The standard InChI is InChI=1S/C11H18N2O/c1-11(2,8-12)10(14)9-5-4-6-13(3)7-9/h9H,4-7H2,1-3H3. The Labute approximate surface area is 85.7 Å². The van der Waals surface area contributed by atoms with Crippen LogP contribution in [-0.2, 0) is 4.79 Å². The van der Waals surface area contributed by atoms with Gasteiger partial charge in [0.2, 0.25) is 0 Å². The average Bonchev–Trinajstić information content (AvgIpc) is 2.16. The highest BCUT2D eigenvalue weighted by Crippen LogP contribution is 2.26. The van der Waals surface area contributed by atoms with Gasteiger partial charge in [-0.15, -0.1) is 0 Å². The third kappa shape index (κ3) is 2.33. The van der Waals surface area contributed by atoms with Crippen LogP contribution in [0, 0.1) is 22.7 Å². The van der Waals surface area contributed by atoms with E-state index in [0.717, 1.165) is 25.9 Å². The van der Waals surface area contributed by atoms with Crippen LogP contribution >= 0.6 is 0 Å². The van der Waals surface area contributed by atoms with Crippen molar-refractivity contribution in [3.63, 3.8) is 0 Å². The topological polar surface area (TPSA) is 44.1 Å². The van der Waals surface area contributed by atoms with E-state index in [1.54, 1.807) is 13.8 Å². The second-order valence-corrected chi connectivity index (χ2v) is 4.70. The number of ketones is 1. The summed E-state index contributed by atoms with van der Waals surface area (Å²) >= 11 is 0. The van der Waals surface area contributed by atoms with E-state index in [9.17, 15) is 4.79 Å².